The van der Waals surface area contributed by atoms with Gasteiger partial charge in [0, 0.05) is 16.6 Å². The fraction of sp³-hybridized carbons (Fsp3) is 0.571. The van der Waals surface area contributed by atoms with Crippen LogP contribution in [0.15, 0.2) is 27.6 Å². The van der Waals surface area contributed by atoms with Gasteiger partial charge >= 0.3 is 0 Å². The summed E-state index contributed by atoms with van der Waals surface area (Å²) in [6.07, 6.45) is 4.21. The van der Waals surface area contributed by atoms with Gasteiger partial charge in [0.2, 0.25) is 10.0 Å². The first-order valence-corrected chi connectivity index (χ1v) is 9.45. The number of rotatable bonds is 4. The zero-order chi connectivity index (χ0) is 15.0. The summed E-state index contributed by atoms with van der Waals surface area (Å²) < 4.78 is 40.8. The van der Waals surface area contributed by atoms with Crippen molar-refractivity contribution in [1.82, 2.24) is 9.62 Å². The first kappa shape index (κ1) is 15.4. The molecule has 4 nitrogen and oxygen atoms in total. The number of nitrogens with zero attached hydrogens (tertiary/aromatic N) is 1. The first-order chi connectivity index (χ1) is 9.95. The third kappa shape index (κ3) is 3.64. The average molecular weight is 377 g/mol. The number of piperidine rings is 1. The third-order valence-electron chi connectivity index (χ3n) is 4.10. The van der Waals surface area contributed by atoms with Gasteiger partial charge in [0.1, 0.15) is 5.82 Å². The minimum absolute atomic E-state index is 0.0399. The van der Waals surface area contributed by atoms with E-state index in [0.717, 1.165) is 38.0 Å². The summed E-state index contributed by atoms with van der Waals surface area (Å²) in [5.74, 6) is -0.460. The second-order valence-corrected chi connectivity index (χ2v) is 8.27. The van der Waals surface area contributed by atoms with E-state index in [0.29, 0.717) is 0 Å². The van der Waals surface area contributed by atoms with Crippen molar-refractivity contribution in [2.75, 3.05) is 13.1 Å². The van der Waals surface area contributed by atoms with Crippen LogP contribution in [-0.4, -0.2) is 38.5 Å². The second-order valence-electron chi connectivity index (χ2n) is 5.74. The standard InChI is InChI=1S/C14H18BrFN2O2S/c15-13-9-10(16)1-4-14(13)21(19,20)17-11-5-7-18(8-6-11)12-2-3-12/h1,4,9,11-12,17H,2-3,5-8H2. The minimum atomic E-state index is -3.61. The van der Waals surface area contributed by atoms with Crippen molar-refractivity contribution in [3.05, 3.63) is 28.5 Å². The Morgan fingerprint density at radius 1 is 1.19 bits per heavy atom. The molecule has 0 atom stereocenters. The van der Waals surface area contributed by atoms with Crippen LogP contribution in [0.3, 0.4) is 0 Å². The molecule has 0 unspecified atom stereocenters. The highest BCUT2D eigenvalue weighted by molar-refractivity contribution is 9.10. The molecule has 1 aliphatic heterocycles. The maximum Gasteiger partial charge on any atom is 0.241 e. The van der Waals surface area contributed by atoms with E-state index in [4.69, 9.17) is 0 Å². The monoisotopic (exact) mass is 376 g/mol. The molecule has 1 aromatic rings. The molecule has 0 amide bonds. The Balaban J connectivity index is 1.66. The molecule has 21 heavy (non-hydrogen) atoms. The molecule has 116 valence electrons. The van der Waals surface area contributed by atoms with Crippen molar-refractivity contribution >= 4 is 26.0 Å². The van der Waals surface area contributed by atoms with Gasteiger partial charge in [0.15, 0.2) is 0 Å². The summed E-state index contributed by atoms with van der Waals surface area (Å²) in [5, 5.41) is 0. The molecule has 3 rings (SSSR count). The lowest BCUT2D eigenvalue weighted by molar-refractivity contribution is 0.199. The van der Waals surface area contributed by atoms with Gasteiger partial charge in [-0.1, -0.05) is 0 Å². The lowest BCUT2D eigenvalue weighted by Gasteiger charge is -2.32. The molecule has 1 aromatic carbocycles. The normalized spacial score (nSPS) is 21.6. The van der Waals surface area contributed by atoms with E-state index in [2.05, 4.69) is 25.6 Å². The van der Waals surface area contributed by atoms with Crippen molar-refractivity contribution in [3.63, 3.8) is 0 Å². The number of nitrogens with one attached hydrogen (secondary N) is 1. The molecular formula is C14H18BrFN2O2S. The van der Waals surface area contributed by atoms with Crippen LogP contribution < -0.4 is 4.72 Å². The van der Waals surface area contributed by atoms with Crippen molar-refractivity contribution < 1.29 is 12.8 Å². The molecule has 0 radical (unpaired) electrons. The molecule has 1 heterocycles. The lowest BCUT2D eigenvalue weighted by Crippen LogP contribution is -2.45. The lowest BCUT2D eigenvalue weighted by atomic mass is 10.1. The van der Waals surface area contributed by atoms with Crippen LogP contribution >= 0.6 is 15.9 Å². The van der Waals surface area contributed by atoms with Crippen LogP contribution in [0, 0.1) is 5.82 Å². The maximum absolute atomic E-state index is 13.1. The SMILES string of the molecule is O=S(=O)(NC1CCN(C2CC2)CC1)c1ccc(F)cc1Br. The summed E-state index contributed by atoms with van der Waals surface area (Å²) >= 11 is 3.12. The van der Waals surface area contributed by atoms with Crippen LogP contribution in [0.2, 0.25) is 0 Å². The fourth-order valence-corrected chi connectivity index (χ4v) is 5.15. The van der Waals surface area contributed by atoms with Gasteiger partial charge in [0.05, 0.1) is 4.90 Å². The van der Waals surface area contributed by atoms with E-state index < -0.39 is 15.8 Å². The zero-order valence-corrected chi connectivity index (χ0v) is 14.0. The van der Waals surface area contributed by atoms with E-state index in [1.54, 1.807) is 0 Å². The molecule has 1 saturated carbocycles. The molecule has 2 fully saturated rings. The first-order valence-electron chi connectivity index (χ1n) is 7.17. The van der Waals surface area contributed by atoms with Gasteiger partial charge in [0.25, 0.3) is 0 Å². The largest absolute Gasteiger partial charge is 0.300 e. The Labute approximate surface area is 132 Å². The summed E-state index contributed by atoms with van der Waals surface area (Å²) in [6.45, 7) is 1.89. The Morgan fingerprint density at radius 3 is 2.43 bits per heavy atom. The fourth-order valence-electron chi connectivity index (χ4n) is 2.80. The summed E-state index contributed by atoms with van der Waals surface area (Å²) in [4.78, 5) is 2.53. The quantitative estimate of drug-likeness (QED) is 0.877. The smallest absolute Gasteiger partial charge is 0.241 e. The zero-order valence-electron chi connectivity index (χ0n) is 11.6. The van der Waals surface area contributed by atoms with Gasteiger partial charge in [-0.3, -0.25) is 0 Å². The number of sulfonamides is 1. The van der Waals surface area contributed by atoms with Gasteiger partial charge in [-0.05, 0) is 72.9 Å². The Kier molecular flexibility index (Phi) is 4.36. The van der Waals surface area contributed by atoms with Crippen LogP contribution in [0.5, 0.6) is 0 Å². The van der Waals surface area contributed by atoms with Gasteiger partial charge in [-0.2, -0.15) is 0 Å². The van der Waals surface area contributed by atoms with Crippen LogP contribution in [-0.2, 0) is 10.0 Å². The Bertz CT molecular complexity index is 626. The highest BCUT2D eigenvalue weighted by Gasteiger charge is 2.33. The van der Waals surface area contributed by atoms with Crippen molar-refractivity contribution in [2.45, 2.75) is 42.7 Å². The molecule has 1 aliphatic carbocycles. The molecule has 0 spiro atoms. The number of hydrogen-bond acceptors (Lipinski definition) is 3. The van der Waals surface area contributed by atoms with E-state index in [-0.39, 0.29) is 15.4 Å². The average Bonchev–Trinajstić information content (AvgIpc) is 3.23. The van der Waals surface area contributed by atoms with E-state index >= 15 is 0 Å². The molecule has 0 bridgehead atoms. The van der Waals surface area contributed by atoms with Crippen LogP contribution in [0.1, 0.15) is 25.7 Å². The maximum atomic E-state index is 13.1. The highest BCUT2D eigenvalue weighted by Crippen LogP contribution is 2.30. The molecule has 1 saturated heterocycles. The molecule has 0 aromatic heterocycles. The number of hydrogen-bond donors (Lipinski definition) is 1. The van der Waals surface area contributed by atoms with Crippen LogP contribution in [0.4, 0.5) is 4.39 Å². The van der Waals surface area contributed by atoms with Crippen molar-refractivity contribution in [2.24, 2.45) is 0 Å². The van der Waals surface area contributed by atoms with E-state index in [1.165, 1.54) is 25.0 Å². The predicted molar refractivity (Wildman–Crippen MR) is 82.0 cm³/mol. The Morgan fingerprint density at radius 2 is 1.86 bits per heavy atom. The molecule has 7 heteroatoms. The molecular weight excluding hydrogens is 359 g/mol. The van der Waals surface area contributed by atoms with E-state index in [9.17, 15) is 12.8 Å². The van der Waals surface area contributed by atoms with Gasteiger partial charge < -0.3 is 4.90 Å². The second kappa shape index (κ2) is 5.95. The summed E-state index contributed by atoms with van der Waals surface area (Å²) in [5.41, 5.74) is 0. The van der Waals surface area contributed by atoms with Gasteiger partial charge in [-0.15, -0.1) is 0 Å². The number of benzene rings is 1. The number of halogens is 2. The van der Waals surface area contributed by atoms with Crippen molar-refractivity contribution in [3.8, 4) is 0 Å². The highest BCUT2D eigenvalue weighted by atomic mass is 79.9. The summed E-state index contributed by atoms with van der Waals surface area (Å²) in [6, 6.07) is 4.32. The minimum Gasteiger partial charge on any atom is -0.300 e. The molecule has 1 N–H and O–H groups in total. The summed E-state index contributed by atoms with van der Waals surface area (Å²) in [7, 11) is -3.61. The van der Waals surface area contributed by atoms with Gasteiger partial charge in [-0.25, -0.2) is 17.5 Å². The van der Waals surface area contributed by atoms with E-state index in [1.807, 2.05) is 0 Å². The van der Waals surface area contributed by atoms with Crippen LogP contribution in [0.25, 0.3) is 0 Å². The third-order valence-corrected chi connectivity index (χ3v) is 6.60. The Hall–Kier alpha value is -0.500. The number of likely N-dealkylation sites (tertiary alicyclic amines) is 1. The molecule has 2 aliphatic rings. The predicted octanol–water partition coefficient (Wildman–Crippen LogP) is 2.49. The topological polar surface area (TPSA) is 49.4 Å². The van der Waals surface area contributed by atoms with Crippen molar-refractivity contribution in [1.29, 1.82) is 0 Å².